The number of carboxylic acid groups (broad SMARTS) is 1. The minimum atomic E-state index is -1.15. The molecule has 2 rings (SSSR count). The van der Waals surface area contributed by atoms with Crippen molar-refractivity contribution in [1.82, 2.24) is 0 Å². The van der Waals surface area contributed by atoms with Crippen molar-refractivity contribution in [2.75, 3.05) is 11.9 Å². The summed E-state index contributed by atoms with van der Waals surface area (Å²) in [6.45, 7) is -0.227. The van der Waals surface area contributed by atoms with Crippen molar-refractivity contribution < 1.29 is 19.4 Å². The van der Waals surface area contributed by atoms with Crippen LogP contribution in [0.3, 0.4) is 0 Å². The van der Waals surface area contributed by atoms with Crippen molar-refractivity contribution in [3.63, 3.8) is 0 Å². The van der Waals surface area contributed by atoms with Gasteiger partial charge in [-0.05, 0) is 30.3 Å². The molecular formula is C15H12ClNO4. The Bertz CT molecular complexity index is 658. The van der Waals surface area contributed by atoms with E-state index < -0.39 is 5.97 Å². The first-order valence-electron chi connectivity index (χ1n) is 6.07. The van der Waals surface area contributed by atoms with Crippen LogP contribution in [0.5, 0.6) is 5.75 Å². The van der Waals surface area contributed by atoms with Gasteiger partial charge in [-0.25, -0.2) is 4.79 Å². The zero-order valence-corrected chi connectivity index (χ0v) is 11.6. The Kier molecular flexibility index (Phi) is 4.79. The van der Waals surface area contributed by atoms with Crippen LogP contribution in [0.1, 0.15) is 10.4 Å². The number of benzene rings is 2. The molecule has 0 aromatic heterocycles. The Morgan fingerprint density at radius 3 is 2.52 bits per heavy atom. The van der Waals surface area contributed by atoms with Gasteiger partial charge in [0.2, 0.25) is 0 Å². The van der Waals surface area contributed by atoms with E-state index in [1.165, 1.54) is 18.2 Å². The molecule has 2 N–H and O–H groups in total. The van der Waals surface area contributed by atoms with Crippen LogP contribution in [0, 0.1) is 0 Å². The average molecular weight is 306 g/mol. The summed E-state index contributed by atoms with van der Waals surface area (Å²) in [5, 5.41) is 11.7. The van der Waals surface area contributed by atoms with Gasteiger partial charge in [0, 0.05) is 5.69 Å². The minimum Gasteiger partial charge on any atom is -0.484 e. The molecule has 6 heteroatoms. The molecule has 0 fully saturated rings. The van der Waals surface area contributed by atoms with E-state index in [2.05, 4.69) is 5.32 Å². The second-order valence-electron chi connectivity index (χ2n) is 4.15. The normalized spacial score (nSPS) is 9.95. The average Bonchev–Trinajstić information content (AvgIpc) is 2.47. The van der Waals surface area contributed by atoms with Gasteiger partial charge in [-0.15, -0.1) is 0 Å². The number of hydrogen-bond donors (Lipinski definition) is 2. The molecule has 0 aliphatic heterocycles. The third-order valence-electron chi connectivity index (χ3n) is 2.60. The van der Waals surface area contributed by atoms with Crippen molar-refractivity contribution >= 4 is 29.2 Å². The zero-order chi connectivity index (χ0) is 15.2. The smallest absolute Gasteiger partial charge is 0.337 e. The van der Waals surface area contributed by atoms with E-state index in [0.717, 1.165) is 0 Å². The number of carbonyl (C=O) groups excluding carboxylic acids is 1. The summed E-state index contributed by atoms with van der Waals surface area (Å²) in [4.78, 5) is 22.6. The lowest BCUT2D eigenvalue weighted by molar-refractivity contribution is -0.118. The van der Waals surface area contributed by atoms with E-state index in [-0.39, 0.29) is 28.8 Å². The predicted molar refractivity (Wildman–Crippen MR) is 79.0 cm³/mol. The van der Waals surface area contributed by atoms with E-state index in [1.54, 1.807) is 24.3 Å². The van der Waals surface area contributed by atoms with E-state index in [9.17, 15) is 9.59 Å². The van der Waals surface area contributed by atoms with Crippen LogP contribution in [-0.4, -0.2) is 23.6 Å². The van der Waals surface area contributed by atoms with E-state index in [1.807, 2.05) is 6.07 Å². The molecule has 0 radical (unpaired) electrons. The number of halogens is 1. The maximum absolute atomic E-state index is 11.7. The molecule has 2 aromatic rings. The van der Waals surface area contributed by atoms with Crippen LogP contribution in [0.25, 0.3) is 0 Å². The zero-order valence-electron chi connectivity index (χ0n) is 10.9. The Labute approximate surface area is 126 Å². The number of rotatable bonds is 5. The monoisotopic (exact) mass is 305 g/mol. The van der Waals surface area contributed by atoms with Gasteiger partial charge in [0.05, 0.1) is 10.6 Å². The maximum atomic E-state index is 11.7. The molecule has 108 valence electrons. The van der Waals surface area contributed by atoms with Crippen LogP contribution in [-0.2, 0) is 4.79 Å². The van der Waals surface area contributed by atoms with Crippen LogP contribution in [0.15, 0.2) is 48.5 Å². The molecule has 0 saturated heterocycles. The Balaban J connectivity index is 1.95. The summed E-state index contributed by atoms with van der Waals surface area (Å²) in [7, 11) is 0. The third-order valence-corrected chi connectivity index (χ3v) is 2.93. The highest BCUT2D eigenvalue weighted by molar-refractivity contribution is 6.33. The molecular weight excluding hydrogens is 294 g/mol. The molecule has 0 aliphatic carbocycles. The number of nitrogens with one attached hydrogen (secondary N) is 1. The molecule has 0 spiro atoms. The van der Waals surface area contributed by atoms with Crippen molar-refractivity contribution in [2.24, 2.45) is 0 Å². The first-order chi connectivity index (χ1) is 10.1. The Hall–Kier alpha value is -2.53. The molecule has 0 aliphatic rings. The number of anilines is 1. The summed E-state index contributed by atoms with van der Waals surface area (Å²) >= 11 is 5.75. The number of hydrogen-bond acceptors (Lipinski definition) is 3. The van der Waals surface area contributed by atoms with Crippen LogP contribution in [0.4, 0.5) is 5.69 Å². The van der Waals surface area contributed by atoms with Gasteiger partial charge >= 0.3 is 5.97 Å². The second kappa shape index (κ2) is 6.76. The summed E-state index contributed by atoms with van der Waals surface area (Å²) in [5.74, 6) is -1.23. The lowest BCUT2D eigenvalue weighted by Crippen LogP contribution is -2.20. The fourth-order valence-electron chi connectivity index (χ4n) is 1.63. The molecule has 0 heterocycles. The van der Waals surface area contributed by atoms with Crippen molar-refractivity contribution in [3.8, 4) is 5.75 Å². The van der Waals surface area contributed by atoms with Gasteiger partial charge in [0.15, 0.2) is 6.61 Å². The molecule has 21 heavy (non-hydrogen) atoms. The van der Waals surface area contributed by atoms with Gasteiger partial charge in [-0.1, -0.05) is 29.8 Å². The largest absolute Gasteiger partial charge is 0.484 e. The third kappa shape index (κ3) is 4.22. The summed E-state index contributed by atoms with van der Waals surface area (Å²) in [5.41, 5.74) is 0.589. The molecule has 1 amide bonds. The van der Waals surface area contributed by atoms with Gasteiger partial charge in [0.1, 0.15) is 5.75 Å². The second-order valence-corrected chi connectivity index (χ2v) is 4.56. The Morgan fingerprint density at radius 2 is 1.86 bits per heavy atom. The van der Waals surface area contributed by atoms with Gasteiger partial charge in [0.25, 0.3) is 5.91 Å². The molecule has 0 unspecified atom stereocenters. The fourth-order valence-corrected chi connectivity index (χ4v) is 1.82. The number of aromatic carboxylic acids is 1. The van der Waals surface area contributed by atoms with Gasteiger partial charge in [-0.3, -0.25) is 4.79 Å². The van der Waals surface area contributed by atoms with E-state index in [0.29, 0.717) is 5.69 Å². The number of ether oxygens (including phenoxy) is 1. The summed E-state index contributed by atoms with van der Waals surface area (Å²) in [6.07, 6.45) is 0. The SMILES string of the molecule is O=C(COc1ccc(Cl)c(C(=O)O)c1)Nc1ccccc1. The highest BCUT2D eigenvalue weighted by Crippen LogP contribution is 2.22. The number of para-hydroxylation sites is 1. The predicted octanol–water partition coefficient (Wildman–Crippen LogP) is 3.06. The van der Waals surface area contributed by atoms with Crippen LogP contribution in [0.2, 0.25) is 5.02 Å². The number of carbonyl (C=O) groups is 2. The maximum Gasteiger partial charge on any atom is 0.337 e. The number of amides is 1. The first-order valence-corrected chi connectivity index (χ1v) is 6.44. The first kappa shape index (κ1) is 14.9. The van der Waals surface area contributed by atoms with Gasteiger partial charge in [-0.2, -0.15) is 0 Å². The van der Waals surface area contributed by atoms with Crippen molar-refractivity contribution in [2.45, 2.75) is 0 Å². The summed E-state index contributed by atoms with van der Waals surface area (Å²) in [6, 6.07) is 13.1. The highest BCUT2D eigenvalue weighted by atomic mass is 35.5. The molecule has 0 bridgehead atoms. The van der Waals surface area contributed by atoms with Crippen LogP contribution >= 0.6 is 11.6 Å². The standard InChI is InChI=1S/C15H12ClNO4/c16-13-7-6-11(8-12(13)15(19)20)21-9-14(18)17-10-4-2-1-3-5-10/h1-8H,9H2,(H,17,18)(H,19,20). The lowest BCUT2D eigenvalue weighted by atomic mass is 10.2. The number of carboxylic acids is 1. The summed E-state index contributed by atoms with van der Waals surface area (Å²) < 4.78 is 5.25. The van der Waals surface area contributed by atoms with Crippen LogP contribution < -0.4 is 10.1 Å². The molecule has 0 atom stereocenters. The topological polar surface area (TPSA) is 75.6 Å². The minimum absolute atomic E-state index is 0.0716. The lowest BCUT2D eigenvalue weighted by Gasteiger charge is -2.08. The molecule has 2 aromatic carbocycles. The molecule has 0 saturated carbocycles. The van der Waals surface area contributed by atoms with E-state index in [4.69, 9.17) is 21.4 Å². The van der Waals surface area contributed by atoms with Crippen molar-refractivity contribution in [1.29, 1.82) is 0 Å². The fraction of sp³-hybridized carbons (Fsp3) is 0.0667. The van der Waals surface area contributed by atoms with Crippen molar-refractivity contribution in [3.05, 3.63) is 59.1 Å². The van der Waals surface area contributed by atoms with Gasteiger partial charge < -0.3 is 15.2 Å². The van der Waals surface area contributed by atoms with E-state index >= 15 is 0 Å². The Morgan fingerprint density at radius 1 is 1.14 bits per heavy atom. The molecule has 5 nitrogen and oxygen atoms in total. The highest BCUT2D eigenvalue weighted by Gasteiger charge is 2.11. The quantitative estimate of drug-likeness (QED) is 0.890.